The van der Waals surface area contributed by atoms with Crippen LogP contribution in [0, 0.1) is 12.7 Å². The average Bonchev–Trinajstić information content (AvgIpc) is 1.97. The maximum absolute atomic E-state index is 12.9. The van der Waals surface area contributed by atoms with Gasteiger partial charge in [-0.3, -0.25) is 0 Å². The summed E-state index contributed by atoms with van der Waals surface area (Å²) in [7, 11) is 0. The summed E-state index contributed by atoms with van der Waals surface area (Å²) in [5, 5.41) is 0. The van der Waals surface area contributed by atoms with E-state index in [4.69, 9.17) is 5.73 Å². The highest BCUT2D eigenvalue weighted by atomic mass is 79.9. The van der Waals surface area contributed by atoms with Crippen molar-refractivity contribution in [1.82, 2.24) is 4.98 Å². The molecule has 0 aromatic carbocycles. The topological polar surface area (TPSA) is 38.9 Å². The van der Waals surface area contributed by atoms with E-state index in [-0.39, 0.29) is 11.4 Å². The third-order valence-electron chi connectivity index (χ3n) is 1.24. The summed E-state index contributed by atoms with van der Waals surface area (Å²) >= 11 is 6.22. The third kappa shape index (κ3) is 1.54. The van der Waals surface area contributed by atoms with E-state index in [1.165, 1.54) is 0 Å². The third-order valence-corrected chi connectivity index (χ3v) is 3.15. The second kappa shape index (κ2) is 3.06. The minimum absolute atomic E-state index is 0.0874. The molecule has 1 heterocycles. The van der Waals surface area contributed by atoms with Gasteiger partial charge in [0.25, 0.3) is 0 Å². The second-order valence-corrected chi connectivity index (χ2v) is 3.57. The van der Waals surface area contributed by atoms with Crippen molar-refractivity contribution < 1.29 is 4.39 Å². The SMILES string of the molecule is Cc1nc(Br)c(Br)c(N)c1F. The van der Waals surface area contributed by atoms with E-state index in [1.807, 2.05) is 0 Å². The fraction of sp³-hybridized carbons (Fsp3) is 0.167. The molecule has 60 valence electrons. The molecule has 0 aliphatic carbocycles. The van der Waals surface area contributed by atoms with Crippen molar-refractivity contribution in [3.05, 3.63) is 20.6 Å². The molecule has 0 bridgehead atoms. The predicted octanol–water partition coefficient (Wildman–Crippen LogP) is 2.64. The number of aromatic nitrogens is 1. The molecule has 0 aliphatic heterocycles. The van der Waals surface area contributed by atoms with Crippen LogP contribution in [0.1, 0.15) is 5.69 Å². The molecule has 5 heteroatoms. The van der Waals surface area contributed by atoms with Crippen molar-refractivity contribution in [2.45, 2.75) is 6.92 Å². The molecule has 0 saturated carbocycles. The first kappa shape index (κ1) is 8.93. The minimum Gasteiger partial charge on any atom is -0.395 e. The van der Waals surface area contributed by atoms with E-state index in [0.29, 0.717) is 9.08 Å². The Morgan fingerprint density at radius 2 is 2.00 bits per heavy atom. The lowest BCUT2D eigenvalue weighted by Crippen LogP contribution is -1.98. The molecule has 0 spiro atoms. The first-order valence-corrected chi connectivity index (χ1v) is 4.39. The first-order valence-electron chi connectivity index (χ1n) is 2.80. The van der Waals surface area contributed by atoms with Gasteiger partial charge in [-0.15, -0.1) is 0 Å². The van der Waals surface area contributed by atoms with Crippen molar-refractivity contribution in [2.24, 2.45) is 0 Å². The van der Waals surface area contributed by atoms with E-state index < -0.39 is 5.82 Å². The van der Waals surface area contributed by atoms with Gasteiger partial charge in [-0.1, -0.05) is 0 Å². The molecule has 0 saturated heterocycles. The van der Waals surface area contributed by atoms with E-state index in [9.17, 15) is 4.39 Å². The van der Waals surface area contributed by atoms with E-state index in [2.05, 4.69) is 36.8 Å². The molecule has 1 rings (SSSR count). The molecule has 1 aromatic rings. The van der Waals surface area contributed by atoms with Crippen LogP contribution in [0.2, 0.25) is 0 Å². The fourth-order valence-electron chi connectivity index (χ4n) is 0.648. The molecule has 0 atom stereocenters. The van der Waals surface area contributed by atoms with Crippen molar-refractivity contribution in [3.8, 4) is 0 Å². The van der Waals surface area contributed by atoms with Crippen LogP contribution in [-0.2, 0) is 0 Å². The molecule has 0 fully saturated rings. The van der Waals surface area contributed by atoms with Crippen molar-refractivity contribution >= 4 is 37.5 Å². The van der Waals surface area contributed by atoms with Gasteiger partial charge in [0.05, 0.1) is 15.9 Å². The molecule has 0 unspecified atom stereocenters. The van der Waals surface area contributed by atoms with Gasteiger partial charge >= 0.3 is 0 Å². The Morgan fingerprint density at radius 1 is 1.45 bits per heavy atom. The average molecular weight is 284 g/mol. The lowest BCUT2D eigenvalue weighted by molar-refractivity contribution is 0.612. The lowest BCUT2D eigenvalue weighted by Gasteiger charge is -2.03. The molecule has 1 aromatic heterocycles. The number of anilines is 1. The van der Waals surface area contributed by atoms with E-state index >= 15 is 0 Å². The number of nitrogens with two attached hydrogens (primary N) is 1. The number of halogens is 3. The predicted molar refractivity (Wildman–Crippen MR) is 48.7 cm³/mol. The summed E-state index contributed by atoms with van der Waals surface area (Å²) < 4.78 is 13.9. The highest BCUT2D eigenvalue weighted by Crippen LogP contribution is 2.30. The summed E-state index contributed by atoms with van der Waals surface area (Å²) in [6.07, 6.45) is 0. The van der Waals surface area contributed by atoms with Gasteiger partial charge in [-0.2, -0.15) is 0 Å². The normalized spacial score (nSPS) is 10.2. The number of rotatable bonds is 0. The molecule has 0 radical (unpaired) electrons. The Morgan fingerprint density at radius 3 is 2.55 bits per heavy atom. The van der Waals surface area contributed by atoms with Gasteiger partial charge in [0.1, 0.15) is 4.60 Å². The Kier molecular flexibility index (Phi) is 2.49. The zero-order chi connectivity index (χ0) is 8.59. The van der Waals surface area contributed by atoms with Gasteiger partial charge in [0, 0.05) is 0 Å². The first-order chi connectivity index (χ1) is 5.04. The summed E-state index contributed by atoms with van der Waals surface area (Å²) in [6, 6.07) is 0. The Hall–Kier alpha value is -0.160. The molecule has 2 N–H and O–H groups in total. The van der Waals surface area contributed by atoms with E-state index in [1.54, 1.807) is 6.92 Å². The molecule has 11 heavy (non-hydrogen) atoms. The highest BCUT2D eigenvalue weighted by molar-refractivity contribution is 9.13. The number of aryl methyl sites for hydroxylation is 1. The van der Waals surface area contributed by atoms with Crippen LogP contribution in [0.3, 0.4) is 0 Å². The largest absolute Gasteiger partial charge is 0.395 e. The molecule has 0 aliphatic rings. The maximum atomic E-state index is 12.9. The van der Waals surface area contributed by atoms with Crippen LogP contribution in [0.15, 0.2) is 9.08 Å². The van der Waals surface area contributed by atoms with Crippen molar-refractivity contribution in [3.63, 3.8) is 0 Å². The zero-order valence-corrected chi connectivity index (χ0v) is 8.83. The van der Waals surface area contributed by atoms with Gasteiger partial charge in [0.2, 0.25) is 0 Å². The molecular weight excluding hydrogens is 279 g/mol. The Balaban J connectivity index is 3.46. The highest BCUT2D eigenvalue weighted by Gasteiger charge is 2.10. The van der Waals surface area contributed by atoms with E-state index in [0.717, 1.165) is 0 Å². The summed E-state index contributed by atoms with van der Waals surface area (Å²) in [6.45, 7) is 1.56. The standard InChI is InChI=1S/C6H5Br2FN2/c1-2-4(9)5(10)3(7)6(8)11-2/h1H3,(H2,10,11). The maximum Gasteiger partial charge on any atom is 0.168 e. The van der Waals surface area contributed by atoms with Gasteiger partial charge in [-0.25, -0.2) is 9.37 Å². The van der Waals surface area contributed by atoms with Crippen LogP contribution < -0.4 is 5.73 Å². The van der Waals surface area contributed by atoms with Crippen LogP contribution >= 0.6 is 31.9 Å². The fourth-order valence-corrected chi connectivity index (χ4v) is 1.39. The van der Waals surface area contributed by atoms with Crippen LogP contribution in [0.5, 0.6) is 0 Å². The monoisotopic (exact) mass is 282 g/mol. The van der Waals surface area contributed by atoms with Crippen molar-refractivity contribution in [1.29, 1.82) is 0 Å². The number of nitrogens with zero attached hydrogens (tertiary/aromatic N) is 1. The smallest absolute Gasteiger partial charge is 0.168 e. The minimum atomic E-state index is -0.472. The molecule has 2 nitrogen and oxygen atoms in total. The van der Waals surface area contributed by atoms with Crippen LogP contribution in [-0.4, -0.2) is 4.98 Å². The quantitative estimate of drug-likeness (QED) is 0.744. The molecule has 0 amide bonds. The number of nitrogen functional groups attached to an aromatic ring is 1. The van der Waals surface area contributed by atoms with Gasteiger partial charge < -0.3 is 5.73 Å². The van der Waals surface area contributed by atoms with Gasteiger partial charge in [-0.05, 0) is 38.8 Å². The van der Waals surface area contributed by atoms with Crippen LogP contribution in [0.25, 0.3) is 0 Å². The number of hydrogen-bond acceptors (Lipinski definition) is 2. The van der Waals surface area contributed by atoms with Gasteiger partial charge in [0.15, 0.2) is 5.82 Å². The number of pyridine rings is 1. The zero-order valence-electron chi connectivity index (χ0n) is 5.66. The summed E-state index contributed by atoms with van der Waals surface area (Å²) in [5.74, 6) is -0.472. The van der Waals surface area contributed by atoms with Crippen molar-refractivity contribution in [2.75, 3.05) is 5.73 Å². The Bertz CT molecular complexity index is 275. The molecular formula is C6H5Br2FN2. The lowest BCUT2D eigenvalue weighted by atomic mass is 10.3. The summed E-state index contributed by atoms with van der Waals surface area (Å²) in [5.41, 5.74) is 5.77. The summed E-state index contributed by atoms with van der Waals surface area (Å²) in [4.78, 5) is 3.85. The Labute approximate surface area is 80.3 Å². The second-order valence-electron chi connectivity index (χ2n) is 2.03. The number of hydrogen-bond donors (Lipinski definition) is 1. The van der Waals surface area contributed by atoms with Crippen LogP contribution in [0.4, 0.5) is 10.1 Å².